The molecule has 2 bridgehead atoms. The lowest BCUT2D eigenvalue weighted by molar-refractivity contribution is -0.120. The molecule has 28 heavy (non-hydrogen) atoms. The third kappa shape index (κ3) is 2.15. The van der Waals surface area contributed by atoms with Crippen molar-refractivity contribution < 1.29 is 18.0 Å². The Morgan fingerprint density at radius 3 is 2.50 bits per heavy atom. The van der Waals surface area contributed by atoms with Crippen molar-refractivity contribution >= 4 is 38.4 Å². The first-order chi connectivity index (χ1) is 13.3. The van der Waals surface area contributed by atoms with Crippen LogP contribution in [0.5, 0.6) is 0 Å². The van der Waals surface area contributed by atoms with Gasteiger partial charge in [0, 0.05) is 18.0 Å². The summed E-state index contributed by atoms with van der Waals surface area (Å²) in [6.07, 6.45) is 0.525. The summed E-state index contributed by atoms with van der Waals surface area (Å²) in [5.41, 5.74) is 0.556. The zero-order chi connectivity index (χ0) is 19.8. The molecule has 146 valence electrons. The van der Waals surface area contributed by atoms with Gasteiger partial charge in [-0.15, -0.1) is 0 Å². The second-order valence-corrected chi connectivity index (χ2v) is 10.4. The van der Waals surface area contributed by atoms with Gasteiger partial charge in [-0.25, -0.2) is 18.1 Å². The van der Waals surface area contributed by atoms with Crippen LogP contribution in [0.4, 0.5) is 10.5 Å². The maximum absolute atomic E-state index is 13.3. The number of sulfonamides is 1. The van der Waals surface area contributed by atoms with E-state index in [0.717, 1.165) is 10.8 Å². The molecule has 3 fully saturated rings. The molecule has 2 aromatic carbocycles. The van der Waals surface area contributed by atoms with Gasteiger partial charge in [0.05, 0.1) is 17.0 Å². The molecule has 3 atom stereocenters. The molecule has 3 saturated heterocycles. The largest absolute Gasteiger partial charge is 0.332 e. The normalized spacial score (nSPS) is 27.5. The summed E-state index contributed by atoms with van der Waals surface area (Å²) in [5.74, 6) is -0.336. The topological polar surface area (TPSA) is 78.0 Å². The van der Waals surface area contributed by atoms with Crippen molar-refractivity contribution in [3.8, 4) is 0 Å². The molecule has 0 N–H and O–H groups in total. The van der Waals surface area contributed by atoms with Crippen molar-refractivity contribution in [2.24, 2.45) is 0 Å². The SMILES string of the molecule is CC(C)S(=O)(=O)N1C[C@H]2CC1C1C(=O)N(c3cccc4ccccc34)C(=O)N12. The fourth-order valence-electron chi connectivity index (χ4n) is 4.80. The number of fused-ring (bicyclic) bond motifs is 6. The lowest BCUT2D eigenvalue weighted by atomic mass is 10.1. The van der Waals surface area contributed by atoms with E-state index in [1.165, 1.54) is 9.21 Å². The minimum Gasteiger partial charge on any atom is -0.306 e. The maximum Gasteiger partial charge on any atom is 0.332 e. The Morgan fingerprint density at radius 2 is 1.75 bits per heavy atom. The number of benzene rings is 2. The summed E-state index contributed by atoms with van der Waals surface area (Å²) in [7, 11) is -3.48. The number of piperazine rings is 1. The van der Waals surface area contributed by atoms with Gasteiger partial charge in [0.1, 0.15) is 6.04 Å². The molecule has 0 aromatic heterocycles. The summed E-state index contributed by atoms with van der Waals surface area (Å²) in [5, 5.41) is 1.22. The first kappa shape index (κ1) is 17.6. The van der Waals surface area contributed by atoms with Gasteiger partial charge >= 0.3 is 6.03 Å². The average Bonchev–Trinajstić information content (AvgIpc) is 3.33. The fourth-order valence-corrected chi connectivity index (χ4v) is 6.30. The van der Waals surface area contributed by atoms with Gasteiger partial charge in [-0.3, -0.25) is 4.79 Å². The number of rotatable bonds is 3. The van der Waals surface area contributed by atoms with E-state index in [9.17, 15) is 18.0 Å². The third-order valence-corrected chi connectivity index (χ3v) is 8.41. The Labute approximate surface area is 163 Å². The minimum absolute atomic E-state index is 0.250. The van der Waals surface area contributed by atoms with Gasteiger partial charge in [0.15, 0.2) is 0 Å². The zero-order valence-corrected chi connectivity index (χ0v) is 16.5. The Morgan fingerprint density at radius 1 is 1.04 bits per heavy atom. The molecule has 0 saturated carbocycles. The van der Waals surface area contributed by atoms with Crippen LogP contribution >= 0.6 is 0 Å². The Kier molecular flexibility index (Phi) is 3.64. The molecule has 3 aliphatic heterocycles. The fraction of sp³-hybridized carbons (Fsp3) is 0.400. The van der Waals surface area contributed by atoms with Gasteiger partial charge in [-0.1, -0.05) is 36.4 Å². The molecular formula is C20H21N3O4S. The van der Waals surface area contributed by atoms with E-state index in [0.29, 0.717) is 12.1 Å². The van der Waals surface area contributed by atoms with Crippen LogP contribution in [0.2, 0.25) is 0 Å². The van der Waals surface area contributed by atoms with Crippen LogP contribution in [-0.4, -0.2) is 59.5 Å². The molecule has 0 radical (unpaired) electrons. The maximum atomic E-state index is 13.3. The monoisotopic (exact) mass is 399 g/mol. The highest BCUT2D eigenvalue weighted by Crippen LogP contribution is 2.44. The van der Waals surface area contributed by atoms with E-state index >= 15 is 0 Å². The molecule has 5 rings (SSSR count). The number of carbonyl (C=O) groups excluding carboxylic acids is 2. The Balaban J connectivity index is 1.56. The van der Waals surface area contributed by atoms with Crippen LogP contribution in [0.15, 0.2) is 42.5 Å². The van der Waals surface area contributed by atoms with Gasteiger partial charge in [0.2, 0.25) is 10.0 Å². The van der Waals surface area contributed by atoms with E-state index in [1.807, 2.05) is 36.4 Å². The molecule has 3 amide bonds. The van der Waals surface area contributed by atoms with Crippen LogP contribution in [0.1, 0.15) is 20.3 Å². The molecule has 2 aromatic rings. The number of carbonyl (C=O) groups is 2. The Hall–Kier alpha value is -2.45. The molecule has 3 heterocycles. The van der Waals surface area contributed by atoms with Crippen molar-refractivity contribution in [1.82, 2.24) is 9.21 Å². The summed E-state index contributed by atoms with van der Waals surface area (Å²) < 4.78 is 26.9. The van der Waals surface area contributed by atoms with Crippen LogP contribution in [0.25, 0.3) is 10.8 Å². The van der Waals surface area contributed by atoms with E-state index < -0.39 is 27.4 Å². The predicted octanol–water partition coefficient (Wildman–Crippen LogP) is 2.17. The van der Waals surface area contributed by atoms with Gasteiger partial charge in [0.25, 0.3) is 5.91 Å². The van der Waals surface area contributed by atoms with Crippen molar-refractivity contribution in [1.29, 1.82) is 0 Å². The third-order valence-electron chi connectivity index (χ3n) is 6.15. The lowest BCUT2D eigenvalue weighted by Gasteiger charge is -2.34. The highest BCUT2D eigenvalue weighted by Gasteiger charge is 2.64. The number of anilines is 1. The van der Waals surface area contributed by atoms with E-state index in [1.54, 1.807) is 24.8 Å². The van der Waals surface area contributed by atoms with Crippen LogP contribution in [-0.2, 0) is 14.8 Å². The van der Waals surface area contributed by atoms with Crippen molar-refractivity contribution in [3.63, 3.8) is 0 Å². The molecule has 2 unspecified atom stereocenters. The first-order valence-electron chi connectivity index (χ1n) is 9.47. The second kappa shape index (κ2) is 5.78. The number of hydrogen-bond acceptors (Lipinski definition) is 4. The summed E-state index contributed by atoms with van der Waals surface area (Å²) in [4.78, 5) is 29.3. The number of imide groups is 1. The van der Waals surface area contributed by atoms with Crippen LogP contribution < -0.4 is 4.90 Å². The number of urea groups is 1. The molecular weight excluding hydrogens is 378 g/mol. The molecule has 0 aliphatic carbocycles. The van der Waals surface area contributed by atoms with E-state index in [2.05, 4.69) is 0 Å². The smallest absolute Gasteiger partial charge is 0.306 e. The highest BCUT2D eigenvalue weighted by molar-refractivity contribution is 7.89. The predicted molar refractivity (Wildman–Crippen MR) is 105 cm³/mol. The number of nitrogens with zero attached hydrogens (tertiary/aromatic N) is 3. The zero-order valence-electron chi connectivity index (χ0n) is 15.6. The van der Waals surface area contributed by atoms with Gasteiger partial charge < -0.3 is 4.90 Å². The first-order valence-corrected chi connectivity index (χ1v) is 11.0. The van der Waals surface area contributed by atoms with Crippen molar-refractivity contribution in [2.45, 2.75) is 43.6 Å². The summed E-state index contributed by atoms with van der Waals surface area (Å²) >= 11 is 0. The van der Waals surface area contributed by atoms with Gasteiger partial charge in [-0.2, -0.15) is 4.31 Å². The van der Waals surface area contributed by atoms with Crippen molar-refractivity contribution in [3.05, 3.63) is 42.5 Å². The molecule has 7 nitrogen and oxygen atoms in total. The summed E-state index contributed by atoms with van der Waals surface area (Å²) in [6.45, 7) is 3.55. The number of hydrogen-bond donors (Lipinski definition) is 0. The molecule has 0 spiro atoms. The van der Waals surface area contributed by atoms with Crippen LogP contribution in [0.3, 0.4) is 0 Å². The number of amides is 3. The average molecular weight is 399 g/mol. The quantitative estimate of drug-likeness (QED) is 0.741. The molecule has 3 aliphatic rings. The lowest BCUT2D eigenvalue weighted by Crippen LogP contribution is -2.55. The van der Waals surface area contributed by atoms with Gasteiger partial charge in [-0.05, 0) is 31.7 Å². The molecule has 8 heteroatoms. The summed E-state index contributed by atoms with van der Waals surface area (Å²) in [6, 6.07) is 11.3. The van der Waals surface area contributed by atoms with Crippen LogP contribution in [0, 0.1) is 0 Å². The standard InChI is InChI=1S/C20H21N3O4S/c1-12(2)28(26,27)21-11-14-10-17(21)18-19(24)23(20(25)22(14)18)16-9-5-7-13-6-3-4-8-15(13)16/h3-9,12,14,17-18H,10-11H2,1-2H3/t14-,17?,18?/m1/s1. The highest BCUT2D eigenvalue weighted by atomic mass is 32.2. The van der Waals surface area contributed by atoms with E-state index in [-0.39, 0.29) is 24.5 Å². The second-order valence-electron chi connectivity index (χ2n) is 7.93. The van der Waals surface area contributed by atoms with E-state index in [4.69, 9.17) is 0 Å². The van der Waals surface area contributed by atoms with Crippen molar-refractivity contribution in [2.75, 3.05) is 11.4 Å². The minimum atomic E-state index is -3.48. The Bertz CT molecular complexity index is 1110.